The van der Waals surface area contributed by atoms with Gasteiger partial charge >= 0.3 is 0 Å². The van der Waals surface area contributed by atoms with Crippen LogP contribution in [-0.4, -0.2) is 7.05 Å². The summed E-state index contributed by atoms with van der Waals surface area (Å²) >= 11 is 11.4. The van der Waals surface area contributed by atoms with Gasteiger partial charge in [-0.15, -0.1) is 11.3 Å². The number of halogens is 3. The first kappa shape index (κ1) is 15.0. The van der Waals surface area contributed by atoms with Gasteiger partial charge in [0.2, 0.25) is 0 Å². The molecule has 0 amide bonds. The molecule has 1 N–H and O–H groups in total. The fourth-order valence-electron chi connectivity index (χ4n) is 2.49. The third-order valence-corrected chi connectivity index (χ3v) is 5.84. The smallest absolute Gasteiger partial charge is 0.142 e. The second kappa shape index (κ2) is 6.05. The van der Waals surface area contributed by atoms with Crippen LogP contribution in [0.25, 0.3) is 10.1 Å². The fraction of sp³-hybridized carbons (Fsp3) is 0.125. The van der Waals surface area contributed by atoms with Crippen molar-refractivity contribution in [1.82, 2.24) is 5.32 Å². The molecule has 0 aliphatic heterocycles. The summed E-state index contributed by atoms with van der Waals surface area (Å²) < 4.78 is 16.0. The summed E-state index contributed by atoms with van der Waals surface area (Å²) in [6, 6.07) is 10.9. The van der Waals surface area contributed by atoms with E-state index in [1.165, 1.54) is 10.8 Å². The molecule has 1 aromatic heterocycles. The Morgan fingerprint density at radius 2 is 1.95 bits per heavy atom. The molecule has 0 aliphatic carbocycles. The molecule has 1 atom stereocenters. The Labute approximate surface area is 139 Å². The normalized spacial score (nSPS) is 12.8. The van der Waals surface area contributed by atoms with E-state index in [0.29, 0.717) is 0 Å². The number of rotatable bonds is 3. The molecule has 2 aromatic carbocycles. The summed E-state index contributed by atoms with van der Waals surface area (Å²) in [4.78, 5) is 0. The molecule has 3 rings (SSSR count). The zero-order valence-corrected chi connectivity index (χ0v) is 14.3. The summed E-state index contributed by atoms with van der Waals surface area (Å²) in [5.74, 6) is -0.393. The Morgan fingerprint density at radius 1 is 1.19 bits per heavy atom. The molecule has 0 radical (unpaired) electrons. The Balaban J connectivity index is 2.19. The van der Waals surface area contributed by atoms with Gasteiger partial charge in [0.25, 0.3) is 0 Å². The SMILES string of the molecule is CNC(c1cccc(F)c1Cl)c1csc2c(Br)cccc12. The molecule has 0 spiro atoms. The molecular formula is C16H12BrClFNS. The van der Waals surface area contributed by atoms with E-state index in [0.717, 1.165) is 21.0 Å². The molecule has 5 heteroatoms. The Kier molecular flexibility index (Phi) is 4.31. The predicted octanol–water partition coefficient (Wildman–Crippen LogP) is 5.77. The third kappa shape index (κ3) is 2.61. The molecule has 1 heterocycles. The molecule has 0 fully saturated rings. The molecule has 0 bridgehead atoms. The van der Waals surface area contributed by atoms with Gasteiger partial charge in [0.15, 0.2) is 0 Å². The van der Waals surface area contributed by atoms with E-state index in [1.54, 1.807) is 17.4 Å². The van der Waals surface area contributed by atoms with Gasteiger partial charge in [0.1, 0.15) is 5.82 Å². The topological polar surface area (TPSA) is 12.0 Å². The van der Waals surface area contributed by atoms with Crippen LogP contribution in [0.2, 0.25) is 5.02 Å². The number of hydrogen-bond donors (Lipinski definition) is 1. The number of fused-ring (bicyclic) bond motifs is 1. The van der Waals surface area contributed by atoms with Gasteiger partial charge in [-0.1, -0.05) is 35.9 Å². The molecule has 108 valence electrons. The van der Waals surface area contributed by atoms with Gasteiger partial charge in [-0.2, -0.15) is 0 Å². The van der Waals surface area contributed by atoms with Crippen LogP contribution in [0.1, 0.15) is 17.2 Å². The van der Waals surface area contributed by atoms with Crippen molar-refractivity contribution in [3.05, 3.63) is 68.2 Å². The average Bonchev–Trinajstić information content (AvgIpc) is 2.90. The molecule has 21 heavy (non-hydrogen) atoms. The summed E-state index contributed by atoms with van der Waals surface area (Å²) in [6.07, 6.45) is 0. The first-order valence-corrected chi connectivity index (χ1v) is 8.45. The van der Waals surface area contributed by atoms with Gasteiger partial charge in [-0.05, 0) is 57.0 Å². The highest BCUT2D eigenvalue weighted by Gasteiger charge is 2.20. The highest BCUT2D eigenvalue weighted by Crippen LogP contribution is 2.39. The van der Waals surface area contributed by atoms with Gasteiger partial charge < -0.3 is 5.32 Å². The number of hydrogen-bond acceptors (Lipinski definition) is 2. The van der Waals surface area contributed by atoms with Crippen molar-refractivity contribution < 1.29 is 4.39 Å². The van der Waals surface area contributed by atoms with E-state index < -0.39 is 5.82 Å². The van der Waals surface area contributed by atoms with Crippen LogP contribution in [0.4, 0.5) is 4.39 Å². The van der Waals surface area contributed by atoms with Crippen LogP contribution in [0.5, 0.6) is 0 Å². The second-order valence-corrected chi connectivity index (χ2v) is 6.78. The van der Waals surface area contributed by atoms with Crippen molar-refractivity contribution in [2.24, 2.45) is 0 Å². The Hall–Kier alpha value is -0.940. The first-order chi connectivity index (χ1) is 10.1. The van der Waals surface area contributed by atoms with Crippen molar-refractivity contribution in [3.63, 3.8) is 0 Å². The lowest BCUT2D eigenvalue weighted by Crippen LogP contribution is -2.18. The maximum absolute atomic E-state index is 13.7. The molecule has 1 nitrogen and oxygen atoms in total. The molecular weight excluding hydrogens is 373 g/mol. The quantitative estimate of drug-likeness (QED) is 0.605. The molecule has 3 aromatic rings. The van der Waals surface area contributed by atoms with Crippen LogP contribution in [0.15, 0.2) is 46.3 Å². The van der Waals surface area contributed by atoms with Crippen molar-refractivity contribution in [1.29, 1.82) is 0 Å². The monoisotopic (exact) mass is 383 g/mol. The largest absolute Gasteiger partial charge is 0.309 e. The lowest BCUT2D eigenvalue weighted by Gasteiger charge is -2.18. The third-order valence-electron chi connectivity index (χ3n) is 3.47. The van der Waals surface area contributed by atoms with Crippen LogP contribution < -0.4 is 5.32 Å². The standard InChI is InChI=1S/C16H12BrClFNS/c1-20-15(10-5-3-7-13(19)14(10)18)11-8-21-16-9(11)4-2-6-12(16)17/h2-8,15,20H,1H3. The van der Waals surface area contributed by atoms with Crippen molar-refractivity contribution in [3.8, 4) is 0 Å². The number of thiophene rings is 1. The maximum Gasteiger partial charge on any atom is 0.142 e. The van der Waals surface area contributed by atoms with Crippen LogP contribution in [-0.2, 0) is 0 Å². The van der Waals surface area contributed by atoms with Crippen LogP contribution >= 0.6 is 38.9 Å². The van der Waals surface area contributed by atoms with Gasteiger partial charge in [-0.3, -0.25) is 0 Å². The zero-order valence-electron chi connectivity index (χ0n) is 11.2. The minimum Gasteiger partial charge on any atom is -0.309 e. The highest BCUT2D eigenvalue weighted by atomic mass is 79.9. The summed E-state index contributed by atoms with van der Waals surface area (Å²) in [6.45, 7) is 0. The summed E-state index contributed by atoms with van der Waals surface area (Å²) in [5, 5.41) is 6.66. The zero-order chi connectivity index (χ0) is 15.0. The minimum absolute atomic E-state index is 0.142. The van der Waals surface area contributed by atoms with E-state index >= 15 is 0 Å². The van der Waals surface area contributed by atoms with E-state index in [2.05, 4.69) is 32.7 Å². The first-order valence-electron chi connectivity index (χ1n) is 6.40. The fourth-order valence-corrected chi connectivity index (χ4v) is 4.37. The van der Waals surface area contributed by atoms with Gasteiger partial charge in [0, 0.05) is 9.17 Å². The molecule has 0 saturated heterocycles. The lowest BCUT2D eigenvalue weighted by atomic mass is 9.98. The van der Waals surface area contributed by atoms with Crippen molar-refractivity contribution >= 4 is 49.0 Å². The van der Waals surface area contributed by atoms with E-state index in [1.807, 2.05) is 25.2 Å². The summed E-state index contributed by atoms with van der Waals surface area (Å²) in [7, 11) is 1.85. The van der Waals surface area contributed by atoms with Gasteiger partial charge in [0.05, 0.1) is 11.1 Å². The van der Waals surface area contributed by atoms with Crippen LogP contribution in [0.3, 0.4) is 0 Å². The highest BCUT2D eigenvalue weighted by molar-refractivity contribution is 9.10. The van der Waals surface area contributed by atoms with Crippen molar-refractivity contribution in [2.75, 3.05) is 7.05 Å². The predicted molar refractivity (Wildman–Crippen MR) is 91.8 cm³/mol. The average molecular weight is 385 g/mol. The Morgan fingerprint density at radius 3 is 2.71 bits per heavy atom. The second-order valence-electron chi connectivity index (χ2n) is 4.67. The van der Waals surface area contributed by atoms with E-state index in [-0.39, 0.29) is 11.1 Å². The number of nitrogens with one attached hydrogen (secondary N) is 1. The van der Waals surface area contributed by atoms with E-state index in [9.17, 15) is 4.39 Å². The molecule has 1 unspecified atom stereocenters. The molecule has 0 saturated carbocycles. The number of benzene rings is 2. The van der Waals surface area contributed by atoms with Crippen LogP contribution in [0, 0.1) is 5.82 Å². The molecule has 0 aliphatic rings. The minimum atomic E-state index is -0.393. The lowest BCUT2D eigenvalue weighted by molar-refractivity contribution is 0.618. The maximum atomic E-state index is 13.7. The van der Waals surface area contributed by atoms with Gasteiger partial charge in [-0.25, -0.2) is 4.39 Å². The van der Waals surface area contributed by atoms with Crippen molar-refractivity contribution in [2.45, 2.75) is 6.04 Å². The van der Waals surface area contributed by atoms with E-state index in [4.69, 9.17) is 11.6 Å². The summed E-state index contributed by atoms with van der Waals surface area (Å²) in [5.41, 5.74) is 1.85. The Bertz CT molecular complexity index is 802.